The lowest BCUT2D eigenvalue weighted by Crippen LogP contribution is -2.32. The van der Waals surface area contributed by atoms with Crippen molar-refractivity contribution in [3.63, 3.8) is 0 Å². The van der Waals surface area contributed by atoms with Gasteiger partial charge in [0.15, 0.2) is 0 Å². The zero-order valence-corrected chi connectivity index (χ0v) is 15.6. The molecule has 1 aromatic rings. The molecule has 21 heavy (non-hydrogen) atoms. The minimum Gasteiger partial charge on any atom is -0.310 e. The Balaban J connectivity index is 2.64. The molecule has 2 atom stereocenters. The van der Waals surface area contributed by atoms with Gasteiger partial charge in [0.25, 0.3) is 0 Å². The summed E-state index contributed by atoms with van der Waals surface area (Å²) in [6.45, 7) is 13.6. The molecule has 1 aromatic carbocycles. The van der Waals surface area contributed by atoms with Crippen molar-refractivity contribution >= 4 is 15.9 Å². The second-order valence-electron chi connectivity index (χ2n) is 5.83. The predicted molar refractivity (Wildman–Crippen MR) is 96.7 cm³/mol. The Hall–Kier alpha value is -0.380. The number of halogens is 1. The molecule has 0 radical (unpaired) electrons. The first-order valence-electron chi connectivity index (χ1n) is 8.32. The van der Waals surface area contributed by atoms with Crippen molar-refractivity contribution in [3.05, 3.63) is 34.3 Å². The average molecular weight is 355 g/mol. The van der Waals surface area contributed by atoms with Gasteiger partial charge in [-0.25, -0.2) is 0 Å². The van der Waals surface area contributed by atoms with E-state index in [0.717, 1.165) is 32.0 Å². The Morgan fingerprint density at radius 2 is 1.90 bits per heavy atom. The fraction of sp³-hybridized carbons (Fsp3) is 0.667. The summed E-state index contributed by atoms with van der Waals surface area (Å²) in [6.07, 6.45) is 2.41. The average Bonchev–Trinajstić information content (AvgIpc) is 2.50. The number of benzene rings is 1. The molecule has 0 saturated heterocycles. The van der Waals surface area contributed by atoms with E-state index in [1.54, 1.807) is 0 Å². The highest BCUT2D eigenvalue weighted by atomic mass is 79.9. The zero-order chi connectivity index (χ0) is 15.7. The van der Waals surface area contributed by atoms with Crippen molar-refractivity contribution in [2.75, 3.05) is 26.2 Å². The summed E-state index contributed by atoms with van der Waals surface area (Å²) in [4.78, 5) is 2.58. The topological polar surface area (TPSA) is 15.3 Å². The van der Waals surface area contributed by atoms with Gasteiger partial charge < -0.3 is 10.2 Å². The van der Waals surface area contributed by atoms with Crippen LogP contribution in [0, 0.1) is 5.92 Å². The molecule has 0 fully saturated rings. The third-order valence-electron chi connectivity index (χ3n) is 4.18. The van der Waals surface area contributed by atoms with Crippen LogP contribution >= 0.6 is 15.9 Å². The van der Waals surface area contributed by atoms with Crippen LogP contribution in [0.15, 0.2) is 28.7 Å². The predicted octanol–water partition coefficient (Wildman–Crippen LogP) is 4.86. The molecule has 0 aliphatic carbocycles. The largest absolute Gasteiger partial charge is 0.310 e. The molecule has 0 aliphatic heterocycles. The molecule has 0 saturated carbocycles. The van der Waals surface area contributed by atoms with Crippen LogP contribution in [0.3, 0.4) is 0 Å². The fourth-order valence-electron chi connectivity index (χ4n) is 2.63. The number of nitrogens with one attached hydrogen (secondary N) is 1. The Bertz CT molecular complexity index is 395. The van der Waals surface area contributed by atoms with Gasteiger partial charge in [0.05, 0.1) is 0 Å². The lowest BCUT2D eigenvalue weighted by atomic mass is 10.0. The second-order valence-corrected chi connectivity index (χ2v) is 6.68. The smallest absolute Gasteiger partial charge is 0.0343 e. The molecular weight excluding hydrogens is 324 g/mol. The van der Waals surface area contributed by atoms with Gasteiger partial charge in [0.1, 0.15) is 0 Å². The summed E-state index contributed by atoms with van der Waals surface area (Å²) >= 11 is 3.69. The van der Waals surface area contributed by atoms with Crippen LogP contribution in [0.1, 0.15) is 52.1 Å². The Morgan fingerprint density at radius 1 is 1.19 bits per heavy atom. The van der Waals surface area contributed by atoms with E-state index in [0.29, 0.717) is 6.04 Å². The number of hydrogen-bond donors (Lipinski definition) is 1. The van der Waals surface area contributed by atoms with Crippen molar-refractivity contribution in [3.8, 4) is 0 Å². The van der Waals surface area contributed by atoms with Crippen LogP contribution in [0.25, 0.3) is 0 Å². The molecule has 0 spiro atoms. The van der Waals surface area contributed by atoms with E-state index in [1.807, 2.05) is 0 Å². The molecule has 120 valence electrons. The SMILES string of the molecule is CCNC(CCN(CC)CC(C)CC)c1ccccc1Br. The number of nitrogens with zero attached hydrogens (tertiary/aromatic N) is 1. The molecule has 0 bridgehead atoms. The third-order valence-corrected chi connectivity index (χ3v) is 4.90. The number of rotatable bonds is 10. The van der Waals surface area contributed by atoms with Crippen molar-refractivity contribution in [1.82, 2.24) is 10.2 Å². The third kappa shape index (κ3) is 6.50. The molecule has 1 rings (SSSR count). The van der Waals surface area contributed by atoms with Gasteiger partial charge >= 0.3 is 0 Å². The van der Waals surface area contributed by atoms with Gasteiger partial charge in [-0.1, -0.05) is 68.2 Å². The Labute approximate surface area is 139 Å². The molecule has 0 heterocycles. The second kappa shape index (κ2) is 10.4. The van der Waals surface area contributed by atoms with E-state index < -0.39 is 0 Å². The van der Waals surface area contributed by atoms with E-state index in [1.165, 1.54) is 23.0 Å². The molecule has 1 N–H and O–H groups in total. The highest BCUT2D eigenvalue weighted by molar-refractivity contribution is 9.10. The number of hydrogen-bond acceptors (Lipinski definition) is 2. The van der Waals surface area contributed by atoms with Crippen molar-refractivity contribution in [2.24, 2.45) is 5.92 Å². The molecule has 2 unspecified atom stereocenters. The van der Waals surface area contributed by atoms with E-state index in [-0.39, 0.29) is 0 Å². The first kappa shape index (κ1) is 18.7. The molecular formula is C18H31BrN2. The summed E-state index contributed by atoms with van der Waals surface area (Å²) in [6, 6.07) is 8.99. The first-order valence-corrected chi connectivity index (χ1v) is 9.11. The van der Waals surface area contributed by atoms with E-state index in [9.17, 15) is 0 Å². The Kier molecular flexibility index (Phi) is 9.21. The minimum atomic E-state index is 0.427. The van der Waals surface area contributed by atoms with Crippen LogP contribution in [-0.2, 0) is 0 Å². The normalized spacial score (nSPS) is 14.4. The lowest BCUT2D eigenvalue weighted by Gasteiger charge is -2.27. The van der Waals surface area contributed by atoms with Crippen molar-refractivity contribution < 1.29 is 0 Å². The Morgan fingerprint density at radius 3 is 2.48 bits per heavy atom. The van der Waals surface area contributed by atoms with E-state index in [2.05, 4.69) is 78.1 Å². The standard InChI is InChI=1S/C18H31BrN2/c1-5-15(4)14-21(7-3)13-12-18(20-6-2)16-10-8-9-11-17(16)19/h8-11,15,18,20H,5-7,12-14H2,1-4H3. The molecule has 0 aliphatic rings. The quantitative estimate of drug-likeness (QED) is 0.645. The summed E-state index contributed by atoms with van der Waals surface area (Å²) < 4.78 is 1.21. The molecule has 0 amide bonds. The summed E-state index contributed by atoms with van der Waals surface area (Å²) in [5.74, 6) is 0.783. The van der Waals surface area contributed by atoms with Crippen LogP contribution in [0.2, 0.25) is 0 Å². The van der Waals surface area contributed by atoms with E-state index in [4.69, 9.17) is 0 Å². The van der Waals surface area contributed by atoms with Crippen LogP contribution < -0.4 is 5.32 Å². The maximum Gasteiger partial charge on any atom is 0.0343 e. The lowest BCUT2D eigenvalue weighted by molar-refractivity contribution is 0.233. The van der Waals surface area contributed by atoms with Gasteiger partial charge in [-0.3, -0.25) is 0 Å². The van der Waals surface area contributed by atoms with Crippen molar-refractivity contribution in [2.45, 2.75) is 46.6 Å². The minimum absolute atomic E-state index is 0.427. The van der Waals surface area contributed by atoms with Gasteiger partial charge in [-0.2, -0.15) is 0 Å². The van der Waals surface area contributed by atoms with Gasteiger partial charge in [-0.05, 0) is 43.6 Å². The van der Waals surface area contributed by atoms with Crippen LogP contribution in [-0.4, -0.2) is 31.1 Å². The monoisotopic (exact) mass is 354 g/mol. The van der Waals surface area contributed by atoms with E-state index >= 15 is 0 Å². The van der Waals surface area contributed by atoms with Crippen LogP contribution in [0.5, 0.6) is 0 Å². The van der Waals surface area contributed by atoms with Crippen LogP contribution in [0.4, 0.5) is 0 Å². The van der Waals surface area contributed by atoms with Gasteiger partial charge in [0, 0.05) is 17.1 Å². The fourth-order valence-corrected chi connectivity index (χ4v) is 3.19. The van der Waals surface area contributed by atoms with Crippen molar-refractivity contribution in [1.29, 1.82) is 0 Å². The summed E-state index contributed by atoms with van der Waals surface area (Å²) in [5, 5.41) is 3.63. The first-order chi connectivity index (χ1) is 10.1. The molecule has 2 nitrogen and oxygen atoms in total. The summed E-state index contributed by atoms with van der Waals surface area (Å²) in [7, 11) is 0. The highest BCUT2D eigenvalue weighted by Gasteiger charge is 2.15. The van der Waals surface area contributed by atoms with Gasteiger partial charge in [0.2, 0.25) is 0 Å². The summed E-state index contributed by atoms with van der Waals surface area (Å²) in [5.41, 5.74) is 1.37. The molecule has 3 heteroatoms. The van der Waals surface area contributed by atoms with Gasteiger partial charge in [-0.15, -0.1) is 0 Å². The maximum absolute atomic E-state index is 3.69. The maximum atomic E-state index is 3.69. The zero-order valence-electron chi connectivity index (χ0n) is 14.0. The molecule has 0 aromatic heterocycles. The highest BCUT2D eigenvalue weighted by Crippen LogP contribution is 2.25.